The number of amides is 1. The lowest BCUT2D eigenvalue weighted by Crippen LogP contribution is -2.29. The van der Waals surface area contributed by atoms with Gasteiger partial charge in [0.2, 0.25) is 5.43 Å². The van der Waals surface area contributed by atoms with E-state index in [4.69, 9.17) is 9.47 Å². The maximum Gasteiger partial charge on any atom is 0.257 e. The van der Waals surface area contributed by atoms with E-state index in [0.717, 1.165) is 11.1 Å². The Hall–Kier alpha value is -3.28. The SMILES string of the molecule is COc1ccc(CNC(=O)c2cn(C)c3ccccc3c2=O)cc1OC. The first-order valence-corrected chi connectivity index (χ1v) is 8.12. The van der Waals surface area contributed by atoms with Crippen LogP contribution in [0, 0.1) is 0 Å². The molecule has 0 bridgehead atoms. The van der Waals surface area contributed by atoms with E-state index in [1.807, 2.05) is 25.2 Å². The van der Waals surface area contributed by atoms with Crippen LogP contribution in [0.25, 0.3) is 10.9 Å². The largest absolute Gasteiger partial charge is 0.493 e. The minimum atomic E-state index is -0.411. The Bertz CT molecular complexity index is 1020. The van der Waals surface area contributed by atoms with Crippen molar-refractivity contribution in [1.29, 1.82) is 0 Å². The summed E-state index contributed by atoms with van der Waals surface area (Å²) >= 11 is 0. The predicted octanol–water partition coefficient (Wildman–Crippen LogP) is 2.49. The molecule has 0 unspecified atom stereocenters. The van der Waals surface area contributed by atoms with Crippen molar-refractivity contribution in [3.63, 3.8) is 0 Å². The topological polar surface area (TPSA) is 69.6 Å². The molecule has 1 heterocycles. The van der Waals surface area contributed by atoms with Crippen LogP contribution >= 0.6 is 0 Å². The number of nitrogens with zero attached hydrogens (tertiary/aromatic N) is 1. The lowest BCUT2D eigenvalue weighted by atomic mass is 10.1. The van der Waals surface area contributed by atoms with Gasteiger partial charge in [0, 0.05) is 25.2 Å². The van der Waals surface area contributed by atoms with Gasteiger partial charge >= 0.3 is 0 Å². The Balaban J connectivity index is 1.84. The van der Waals surface area contributed by atoms with Crippen LogP contribution in [0.15, 0.2) is 53.5 Å². The molecule has 0 aliphatic carbocycles. The van der Waals surface area contributed by atoms with E-state index in [1.165, 1.54) is 0 Å². The highest BCUT2D eigenvalue weighted by molar-refractivity contribution is 5.97. The first-order chi connectivity index (χ1) is 12.5. The average Bonchev–Trinajstić information content (AvgIpc) is 2.68. The maximum atomic E-state index is 12.6. The standard InChI is InChI=1S/C20H20N2O4/c1-22-12-15(19(23)14-6-4-5-7-16(14)22)20(24)21-11-13-8-9-17(25-2)18(10-13)26-3/h4-10,12H,11H2,1-3H3,(H,21,24). The van der Waals surface area contributed by atoms with Crippen molar-refractivity contribution in [2.24, 2.45) is 7.05 Å². The molecule has 134 valence electrons. The van der Waals surface area contributed by atoms with E-state index in [2.05, 4.69) is 5.32 Å². The van der Waals surface area contributed by atoms with Gasteiger partial charge in [0.1, 0.15) is 5.56 Å². The number of nitrogens with one attached hydrogen (secondary N) is 1. The summed E-state index contributed by atoms with van der Waals surface area (Å²) < 4.78 is 12.2. The fraction of sp³-hybridized carbons (Fsp3) is 0.200. The molecule has 6 heteroatoms. The number of benzene rings is 2. The van der Waals surface area contributed by atoms with E-state index in [1.54, 1.807) is 49.2 Å². The number of rotatable bonds is 5. The van der Waals surface area contributed by atoms with E-state index >= 15 is 0 Å². The molecule has 26 heavy (non-hydrogen) atoms. The van der Waals surface area contributed by atoms with Crippen molar-refractivity contribution in [1.82, 2.24) is 9.88 Å². The number of hydrogen-bond donors (Lipinski definition) is 1. The second kappa shape index (κ2) is 7.31. The fourth-order valence-corrected chi connectivity index (χ4v) is 2.87. The highest BCUT2D eigenvalue weighted by Gasteiger charge is 2.14. The Labute approximate surface area is 151 Å². The van der Waals surface area contributed by atoms with E-state index < -0.39 is 5.91 Å². The van der Waals surface area contributed by atoms with E-state index in [-0.39, 0.29) is 17.5 Å². The first-order valence-electron chi connectivity index (χ1n) is 8.12. The monoisotopic (exact) mass is 352 g/mol. The average molecular weight is 352 g/mol. The number of fused-ring (bicyclic) bond motifs is 1. The molecule has 0 fully saturated rings. The van der Waals surface area contributed by atoms with Gasteiger partial charge in [0.15, 0.2) is 11.5 Å². The van der Waals surface area contributed by atoms with Gasteiger partial charge in [-0.15, -0.1) is 0 Å². The number of ether oxygens (including phenoxy) is 2. The van der Waals surface area contributed by atoms with Crippen molar-refractivity contribution in [3.8, 4) is 11.5 Å². The van der Waals surface area contributed by atoms with Crippen LogP contribution in [0.3, 0.4) is 0 Å². The Morgan fingerprint density at radius 1 is 1.08 bits per heavy atom. The van der Waals surface area contributed by atoms with E-state index in [9.17, 15) is 9.59 Å². The third-order valence-electron chi connectivity index (χ3n) is 4.24. The number of hydrogen-bond acceptors (Lipinski definition) is 4. The van der Waals surface area contributed by atoms with Crippen molar-refractivity contribution in [2.75, 3.05) is 14.2 Å². The van der Waals surface area contributed by atoms with Crippen LogP contribution in [-0.2, 0) is 13.6 Å². The molecular formula is C20H20N2O4. The van der Waals surface area contributed by atoms with Crippen LogP contribution in [0.2, 0.25) is 0 Å². The van der Waals surface area contributed by atoms with Crippen molar-refractivity contribution in [2.45, 2.75) is 6.54 Å². The van der Waals surface area contributed by atoms with Gasteiger partial charge in [-0.25, -0.2) is 0 Å². The van der Waals surface area contributed by atoms with Crippen LogP contribution in [0.5, 0.6) is 11.5 Å². The smallest absolute Gasteiger partial charge is 0.257 e. The number of carbonyl (C=O) groups excluding carboxylic acids is 1. The van der Waals surface area contributed by atoms with Crippen LogP contribution < -0.4 is 20.2 Å². The molecule has 3 rings (SSSR count). The molecule has 0 aliphatic heterocycles. The lowest BCUT2D eigenvalue weighted by Gasteiger charge is -2.11. The van der Waals surface area contributed by atoms with Crippen molar-refractivity contribution < 1.29 is 14.3 Å². The lowest BCUT2D eigenvalue weighted by molar-refractivity contribution is 0.0949. The molecule has 0 spiro atoms. The molecule has 2 aromatic carbocycles. The van der Waals surface area contributed by atoms with E-state index in [0.29, 0.717) is 16.9 Å². The molecule has 0 saturated heterocycles. The summed E-state index contributed by atoms with van der Waals surface area (Å²) in [5, 5.41) is 3.31. The summed E-state index contributed by atoms with van der Waals surface area (Å²) in [7, 11) is 4.93. The molecular weight excluding hydrogens is 332 g/mol. The van der Waals surface area contributed by atoms with Crippen LogP contribution in [0.4, 0.5) is 0 Å². The highest BCUT2D eigenvalue weighted by atomic mass is 16.5. The number of methoxy groups -OCH3 is 2. The normalized spacial score (nSPS) is 10.6. The quantitative estimate of drug-likeness (QED) is 0.766. The molecule has 0 radical (unpaired) electrons. The Morgan fingerprint density at radius 3 is 2.54 bits per heavy atom. The minimum absolute atomic E-state index is 0.117. The number of carbonyl (C=O) groups is 1. The third-order valence-corrected chi connectivity index (χ3v) is 4.24. The van der Waals surface area contributed by atoms with Gasteiger partial charge in [-0.3, -0.25) is 9.59 Å². The molecule has 1 amide bonds. The summed E-state index contributed by atoms with van der Waals surface area (Å²) in [6.45, 7) is 0.273. The summed E-state index contributed by atoms with van der Waals surface area (Å²) in [6.07, 6.45) is 1.56. The molecule has 6 nitrogen and oxygen atoms in total. The second-order valence-electron chi connectivity index (χ2n) is 5.87. The summed E-state index contributed by atoms with van der Waals surface area (Å²) in [4.78, 5) is 25.1. The van der Waals surface area contributed by atoms with Gasteiger partial charge in [-0.2, -0.15) is 0 Å². The van der Waals surface area contributed by atoms with Gasteiger partial charge in [-0.05, 0) is 29.8 Å². The molecule has 3 aromatic rings. The number of aromatic nitrogens is 1. The number of aryl methyl sites for hydroxylation is 1. The van der Waals surface area contributed by atoms with Gasteiger partial charge in [-0.1, -0.05) is 18.2 Å². The minimum Gasteiger partial charge on any atom is -0.493 e. The van der Waals surface area contributed by atoms with Crippen LogP contribution in [-0.4, -0.2) is 24.7 Å². The Morgan fingerprint density at radius 2 is 1.81 bits per heavy atom. The maximum absolute atomic E-state index is 12.6. The molecule has 0 atom stereocenters. The zero-order valence-electron chi connectivity index (χ0n) is 14.9. The van der Waals surface area contributed by atoms with Crippen LogP contribution in [0.1, 0.15) is 15.9 Å². The zero-order chi connectivity index (χ0) is 18.7. The molecule has 1 aromatic heterocycles. The first kappa shape index (κ1) is 17.5. The number of pyridine rings is 1. The third kappa shape index (κ3) is 3.26. The molecule has 0 aliphatic rings. The van der Waals surface area contributed by atoms with Gasteiger partial charge in [0.25, 0.3) is 5.91 Å². The van der Waals surface area contributed by atoms with Crippen molar-refractivity contribution in [3.05, 3.63) is 70.0 Å². The predicted molar refractivity (Wildman–Crippen MR) is 99.9 cm³/mol. The summed E-state index contributed by atoms with van der Waals surface area (Å²) in [5.41, 5.74) is 1.47. The molecule has 0 saturated carbocycles. The summed E-state index contributed by atoms with van der Waals surface area (Å²) in [5.74, 6) is 0.790. The van der Waals surface area contributed by atoms with Gasteiger partial charge in [0.05, 0.1) is 19.7 Å². The Kier molecular flexibility index (Phi) is 4.93. The summed E-state index contributed by atoms with van der Waals surface area (Å²) in [6, 6.07) is 12.6. The van der Waals surface area contributed by atoms with Gasteiger partial charge < -0.3 is 19.4 Å². The molecule has 1 N–H and O–H groups in total. The number of para-hydroxylation sites is 1. The zero-order valence-corrected chi connectivity index (χ0v) is 14.9. The fourth-order valence-electron chi connectivity index (χ4n) is 2.87. The second-order valence-corrected chi connectivity index (χ2v) is 5.87. The van der Waals surface area contributed by atoms with Crippen molar-refractivity contribution >= 4 is 16.8 Å². The highest BCUT2D eigenvalue weighted by Crippen LogP contribution is 2.27.